The van der Waals surface area contributed by atoms with E-state index in [1.54, 1.807) is 0 Å². The molecule has 1 heterocycles. The topological polar surface area (TPSA) is 3.24 Å². The van der Waals surface area contributed by atoms with Crippen molar-refractivity contribution in [1.82, 2.24) is 4.90 Å². The van der Waals surface area contributed by atoms with E-state index in [0.717, 1.165) is 24.7 Å². The van der Waals surface area contributed by atoms with Crippen molar-refractivity contribution in [3.8, 4) is 12.3 Å². The molecule has 0 bridgehead atoms. The lowest BCUT2D eigenvalue weighted by molar-refractivity contribution is 0.138. The molecule has 2 atom stereocenters. The second kappa shape index (κ2) is 5.29. The lowest BCUT2D eigenvalue weighted by Gasteiger charge is -2.35. The van der Waals surface area contributed by atoms with Crippen LogP contribution in [0.4, 0.5) is 0 Å². The van der Waals surface area contributed by atoms with Crippen molar-refractivity contribution in [2.75, 3.05) is 19.6 Å². The van der Waals surface area contributed by atoms with Gasteiger partial charge in [0.25, 0.3) is 0 Å². The molecule has 0 aromatic carbocycles. The molecule has 1 aliphatic rings. The number of unbranched alkanes of at least 4 members (excludes halogenated alkanes) is 1. The highest BCUT2D eigenvalue weighted by molar-refractivity contribution is 4.84. The van der Waals surface area contributed by atoms with Crippen molar-refractivity contribution in [1.29, 1.82) is 0 Å². The van der Waals surface area contributed by atoms with Gasteiger partial charge < -0.3 is 4.90 Å². The SMILES string of the molecule is C#CCCCN1CCC(C)C(C)C1. The van der Waals surface area contributed by atoms with Gasteiger partial charge in [-0.15, -0.1) is 12.3 Å². The molecule has 0 aromatic rings. The summed E-state index contributed by atoms with van der Waals surface area (Å²) in [4.78, 5) is 2.56. The molecule has 0 saturated carbocycles. The third-order valence-corrected chi connectivity index (χ3v) is 3.21. The van der Waals surface area contributed by atoms with Gasteiger partial charge in [-0.1, -0.05) is 13.8 Å². The van der Waals surface area contributed by atoms with E-state index in [9.17, 15) is 0 Å². The molecule has 1 saturated heterocycles. The average Bonchev–Trinajstić information content (AvgIpc) is 2.12. The third kappa shape index (κ3) is 3.40. The normalized spacial score (nSPS) is 29.9. The molecule has 0 radical (unpaired) electrons. The number of likely N-dealkylation sites (tertiary alicyclic amines) is 1. The van der Waals surface area contributed by atoms with Gasteiger partial charge in [-0.3, -0.25) is 0 Å². The summed E-state index contributed by atoms with van der Waals surface area (Å²) in [5, 5.41) is 0. The van der Waals surface area contributed by atoms with E-state index in [1.165, 1.54) is 26.1 Å². The summed E-state index contributed by atoms with van der Waals surface area (Å²) in [5.74, 6) is 4.47. The van der Waals surface area contributed by atoms with E-state index in [2.05, 4.69) is 24.7 Å². The highest BCUT2D eigenvalue weighted by Crippen LogP contribution is 2.22. The minimum atomic E-state index is 0.861. The zero-order valence-corrected chi connectivity index (χ0v) is 8.92. The van der Waals surface area contributed by atoms with E-state index >= 15 is 0 Å². The minimum absolute atomic E-state index is 0.861. The van der Waals surface area contributed by atoms with Gasteiger partial charge in [-0.05, 0) is 37.8 Å². The molecule has 1 rings (SSSR count). The second-order valence-electron chi connectivity index (χ2n) is 4.35. The smallest absolute Gasteiger partial charge is 0.00982 e. The maximum atomic E-state index is 5.22. The highest BCUT2D eigenvalue weighted by atomic mass is 15.1. The van der Waals surface area contributed by atoms with Gasteiger partial charge in [0, 0.05) is 13.0 Å². The van der Waals surface area contributed by atoms with E-state index in [4.69, 9.17) is 6.42 Å². The Morgan fingerprint density at radius 1 is 1.38 bits per heavy atom. The summed E-state index contributed by atoms with van der Waals surface area (Å²) in [6.45, 7) is 8.46. The number of terminal acetylenes is 1. The first-order valence-electron chi connectivity index (χ1n) is 5.40. The molecule has 0 amide bonds. The maximum absolute atomic E-state index is 5.22. The Morgan fingerprint density at radius 2 is 2.15 bits per heavy atom. The van der Waals surface area contributed by atoms with E-state index < -0.39 is 0 Å². The molecule has 0 aliphatic carbocycles. The van der Waals surface area contributed by atoms with Crippen molar-refractivity contribution < 1.29 is 0 Å². The maximum Gasteiger partial charge on any atom is 0.00982 e. The average molecular weight is 179 g/mol. The molecule has 1 fully saturated rings. The molecule has 0 N–H and O–H groups in total. The highest BCUT2D eigenvalue weighted by Gasteiger charge is 2.21. The fourth-order valence-corrected chi connectivity index (χ4v) is 1.96. The van der Waals surface area contributed by atoms with Crippen molar-refractivity contribution in [2.24, 2.45) is 11.8 Å². The zero-order chi connectivity index (χ0) is 9.68. The Labute approximate surface area is 82.5 Å². The monoisotopic (exact) mass is 179 g/mol. The van der Waals surface area contributed by atoms with Gasteiger partial charge in [0.1, 0.15) is 0 Å². The van der Waals surface area contributed by atoms with Gasteiger partial charge in [0.15, 0.2) is 0 Å². The fourth-order valence-electron chi connectivity index (χ4n) is 1.96. The molecular weight excluding hydrogens is 158 g/mol. The number of hydrogen-bond acceptors (Lipinski definition) is 1. The van der Waals surface area contributed by atoms with Crippen LogP contribution in [0.1, 0.15) is 33.1 Å². The molecular formula is C12H21N. The zero-order valence-electron chi connectivity index (χ0n) is 8.92. The van der Waals surface area contributed by atoms with E-state index in [1.807, 2.05) is 0 Å². The van der Waals surface area contributed by atoms with Crippen LogP contribution in [0.5, 0.6) is 0 Å². The minimum Gasteiger partial charge on any atom is -0.303 e. The number of rotatable bonds is 3. The van der Waals surface area contributed by atoms with E-state index in [-0.39, 0.29) is 0 Å². The third-order valence-electron chi connectivity index (χ3n) is 3.21. The van der Waals surface area contributed by atoms with Crippen LogP contribution in [-0.4, -0.2) is 24.5 Å². The molecule has 74 valence electrons. The first-order chi connectivity index (χ1) is 6.24. The van der Waals surface area contributed by atoms with Crippen molar-refractivity contribution in [3.63, 3.8) is 0 Å². The lowest BCUT2D eigenvalue weighted by atomic mass is 9.88. The Balaban J connectivity index is 2.18. The predicted molar refractivity (Wildman–Crippen MR) is 57.5 cm³/mol. The van der Waals surface area contributed by atoms with Crippen molar-refractivity contribution in [2.45, 2.75) is 33.1 Å². The molecule has 2 unspecified atom stereocenters. The first-order valence-corrected chi connectivity index (χ1v) is 5.40. The quantitative estimate of drug-likeness (QED) is 0.475. The van der Waals surface area contributed by atoms with Crippen LogP contribution in [0, 0.1) is 24.2 Å². The van der Waals surface area contributed by atoms with Crippen LogP contribution in [0.15, 0.2) is 0 Å². The van der Waals surface area contributed by atoms with Gasteiger partial charge in [0.05, 0.1) is 0 Å². The first kappa shape index (κ1) is 10.6. The van der Waals surface area contributed by atoms with Crippen LogP contribution < -0.4 is 0 Å². The van der Waals surface area contributed by atoms with Gasteiger partial charge in [-0.2, -0.15) is 0 Å². The standard InChI is InChI=1S/C12H21N/c1-4-5-6-8-13-9-7-11(2)12(3)10-13/h1,11-12H,5-10H2,2-3H3. The van der Waals surface area contributed by atoms with Crippen LogP contribution >= 0.6 is 0 Å². The Kier molecular flexibility index (Phi) is 4.32. The Morgan fingerprint density at radius 3 is 2.77 bits per heavy atom. The molecule has 1 heteroatoms. The number of nitrogens with zero attached hydrogens (tertiary/aromatic N) is 1. The summed E-state index contributed by atoms with van der Waals surface area (Å²) in [6, 6.07) is 0. The largest absolute Gasteiger partial charge is 0.303 e. The molecule has 1 nitrogen and oxygen atoms in total. The Bertz CT molecular complexity index is 180. The lowest BCUT2D eigenvalue weighted by Crippen LogP contribution is -2.38. The van der Waals surface area contributed by atoms with Gasteiger partial charge in [0.2, 0.25) is 0 Å². The van der Waals surface area contributed by atoms with Gasteiger partial charge in [-0.25, -0.2) is 0 Å². The molecule has 13 heavy (non-hydrogen) atoms. The van der Waals surface area contributed by atoms with Crippen LogP contribution in [0.2, 0.25) is 0 Å². The summed E-state index contributed by atoms with van der Waals surface area (Å²) in [6.07, 6.45) is 8.68. The van der Waals surface area contributed by atoms with Crippen molar-refractivity contribution in [3.05, 3.63) is 0 Å². The summed E-state index contributed by atoms with van der Waals surface area (Å²) in [5.41, 5.74) is 0. The number of hydrogen-bond donors (Lipinski definition) is 0. The van der Waals surface area contributed by atoms with Crippen LogP contribution in [0.25, 0.3) is 0 Å². The Hall–Kier alpha value is -0.480. The van der Waals surface area contributed by atoms with Gasteiger partial charge >= 0.3 is 0 Å². The molecule has 1 aliphatic heterocycles. The van der Waals surface area contributed by atoms with Crippen LogP contribution in [-0.2, 0) is 0 Å². The van der Waals surface area contributed by atoms with Crippen LogP contribution in [0.3, 0.4) is 0 Å². The predicted octanol–water partition coefficient (Wildman–Crippen LogP) is 2.38. The van der Waals surface area contributed by atoms with E-state index in [0.29, 0.717) is 0 Å². The molecule has 0 aromatic heterocycles. The number of piperidine rings is 1. The summed E-state index contributed by atoms with van der Waals surface area (Å²) in [7, 11) is 0. The molecule has 0 spiro atoms. The van der Waals surface area contributed by atoms with Crippen molar-refractivity contribution >= 4 is 0 Å². The summed E-state index contributed by atoms with van der Waals surface area (Å²) >= 11 is 0. The second-order valence-corrected chi connectivity index (χ2v) is 4.35. The fraction of sp³-hybridized carbons (Fsp3) is 0.833. The summed E-state index contributed by atoms with van der Waals surface area (Å²) < 4.78 is 0.